The highest BCUT2D eigenvalue weighted by atomic mass is 16.3. The molecule has 0 amide bonds. The van der Waals surface area contributed by atoms with E-state index >= 15 is 0 Å². The largest absolute Gasteiger partial charge is 0.398 e. The van der Waals surface area contributed by atoms with E-state index in [9.17, 15) is 5.11 Å². The molecule has 0 spiro atoms. The summed E-state index contributed by atoms with van der Waals surface area (Å²) in [5.74, 6) is 0. The number of benzene rings is 1. The number of nitrogen functional groups attached to an aromatic ring is 1. The molecular formula is C14H16N2O. The maximum absolute atomic E-state index is 10.3. The average Bonchev–Trinajstić information content (AvgIpc) is 2.29. The molecule has 3 N–H and O–H groups in total. The molecule has 2 rings (SSSR count). The monoisotopic (exact) mass is 228 g/mol. The molecule has 1 atom stereocenters. The quantitative estimate of drug-likeness (QED) is 0.829. The number of nitrogens with two attached hydrogens (primary N) is 1. The van der Waals surface area contributed by atoms with Crippen LogP contribution in [0.4, 0.5) is 5.69 Å². The van der Waals surface area contributed by atoms with Crippen molar-refractivity contribution in [3.8, 4) is 0 Å². The number of aliphatic hydroxyl groups excluding tert-OH is 1. The molecule has 3 nitrogen and oxygen atoms in total. The van der Waals surface area contributed by atoms with Crippen LogP contribution in [0.5, 0.6) is 0 Å². The molecule has 1 unspecified atom stereocenters. The summed E-state index contributed by atoms with van der Waals surface area (Å²) in [7, 11) is 0. The number of aliphatic hydroxyl groups is 1. The van der Waals surface area contributed by atoms with Gasteiger partial charge < -0.3 is 10.8 Å². The maximum atomic E-state index is 10.3. The Labute approximate surface area is 101 Å². The molecule has 0 fully saturated rings. The number of anilines is 1. The van der Waals surface area contributed by atoms with E-state index in [1.165, 1.54) is 5.56 Å². The number of aromatic nitrogens is 1. The van der Waals surface area contributed by atoms with Crippen LogP contribution in [0, 0.1) is 13.8 Å². The van der Waals surface area contributed by atoms with Crippen LogP contribution in [-0.4, -0.2) is 10.1 Å². The normalized spacial score (nSPS) is 12.4. The first-order chi connectivity index (χ1) is 8.09. The van der Waals surface area contributed by atoms with Crippen molar-refractivity contribution in [1.82, 2.24) is 4.98 Å². The van der Waals surface area contributed by atoms with Gasteiger partial charge in [0, 0.05) is 23.6 Å². The van der Waals surface area contributed by atoms with Crippen molar-refractivity contribution in [1.29, 1.82) is 0 Å². The molecule has 0 bridgehead atoms. The average molecular weight is 228 g/mol. The van der Waals surface area contributed by atoms with Gasteiger partial charge >= 0.3 is 0 Å². The summed E-state index contributed by atoms with van der Waals surface area (Å²) in [4.78, 5) is 4.00. The van der Waals surface area contributed by atoms with Crippen LogP contribution in [0.2, 0.25) is 0 Å². The van der Waals surface area contributed by atoms with Crippen molar-refractivity contribution in [3.63, 3.8) is 0 Å². The van der Waals surface area contributed by atoms with Gasteiger partial charge in [0.25, 0.3) is 0 Å². The smallest absolute Gasteiger partial charge is 0.108 e. The Kier molecular flexibility index (Phi) is 3.11. The van der Waals surface area contributed by atoms with Gasteiger partial charge in [0.1, 0.15) is 6.10 Å². The molecule has 0 radical (unpaired) electrons. The molecule has 88 valence electrons. The van der Waals surface area contributed by atoms with Crippen LogP contribution in [0.1, 0.15) is 28.4 Å². The molecule has 0 aliphatic rings. The van der Waals surface area contributed by atoms with E-state index in [1.807, 2.05) is 32.0 Å². The second-order valence-electron chi connectivity index (χ2n) is 4.27. The molecule has 1 aromatic heterocycles. The topological polar surface area (TPSA) is 59.1 Å². The summed E-state index contributed by atoms with van der Waals surface area (Å²) >= 11 is 0. The first-order valence-corrected chi connectivity index (χ1v) is 5.54. The van der Waals surface area contributed by atoms with E-state index in [2.05, 4.69) is 4.98 Å². The number of pyridine rings is 1. The van der Waals surface area contributed by atoms with Gasteiger partial charge in [-0.1, -0.05) is 23.8 Å². The lowest BCUT2D eigenvalue weighted by molar-refractivity contribution is 0.220. The Bertz CT molecular complexity index is 537. The number of hydrogen-bond donors (Lipinski definition) is 2. The maximum Gasteiger partial charge on any atom is 0.108 e. The summed E-state index contributed by atoms with van der Waals surface area (Å²) in [6, 6.07) is 7.66. The van der Waals surface area contributed by atoms with Crippen LogP contribution in [0.25, 0.3) is 0 Å². The number of aryl methyl sites for hydroxylation is 2. The molecule has 17 heavy (non-hydrogen) atoms. The highest BCUT2D eigenvalue weighted by Gasteiger charge is 2.15. The second-order valence-corrected chi connectivity index (χ2v) is 4.27. The van der Waals surface area contributed by atoms with Gasteiger partial charge in [-0.15, -0.1) is 0 Å². The SMILES string of the molecule is Cc1ccc(C(O)c2cnccc2N)c(C)c1. The molecule has 0 saturated heterocycles. The van der Waals surface area contributed by atoms with Crippen LogP contribution in [-0.2, 0) is 0 Å². The summed E-state index contributed by atoms with van der Waals surface area (Å²) in [6.07, 6.45) is 2.51. The van der Waals surface area contributed by atoms with Crippen molar-refractivity contribution in [3.05, 3.63) is 58.9 Å². The lowest BCUT2D eigenvalue weighted by atomic mass is 9.96. The zero-order valence-electron chi connectivity index (χ0n) is 10.0. The third kappa shape index (κ3) is 2.29. The molecule has 3 heteroatoms. The van der Waals surface area contributed by atoms with E-state index in [4.69, 9.17) is 5.73 Å². The van der Waals surface area contributed by atoms with Crippen molar-refractivity contribution < 1.29 is 5.11 Å². The first-order valence-electron chi connectivity index (χ1n) is 5.54. The Hall–Kier alpha value is -1.87. The Morgan fingerprint density at radius 2 is 1.94 bits per heavy atom. The molecule has 2 aromatic rings. The molecule has 1 heterocycles. The minimum absolute atomic E-state index is 0.562. The summed E-state index contributed by atoms with van der Waals surface area (Å²) in [5.41, 5.74) is 10.2. The number of nitrogens with zero attached hydrogens (tertiary/aromatic N) is 1. The van der Waals surface area contributed by atoms with E-state index < -0.39 is 6.10 Å². The van der Waals surface area contributed by atoms with Crippen LogP contribution < -0.4 is 5.73 Å². The lowest BCUT2D eigenvalue weighted by Gasteiger charge is -2.16. The Balaban J connectivity index is 2.44. The highest BCUT2D eigenvalue weighted by molar-refractivity contribution is 5.49. The fourth-order valence-corrected chi connectivity index (χ4v) is 1.95. The number of hydrogen-bond acceptors (Lipinski definition) is 3. The van der Waals surface area contributed by atoms with Gasteiger partial charge in [-0.2, -0.15) is 0 Å². The van der Waals surface area contributed by atoms with Gasteiger partial charge in [0.15, 0.2) is 0 Å². The van der Waals surface area contributed by atoms with Crippen molar-refractivity contribution in [2.45, 2.75) is 20.0 Å². The Morgan fingerprint density at radius 3 is 2.59 bits per heavy atom. The second kappa shape index (κ2) is 4.55. The van der Waals surface area contributed by atoms with Gasteiger partial charge in [0.2, 0.25) is 0 Å². The predicted molar refractivity (Wildman–Crippen MR) is 68.6 cm³/mol. The fourth-order valence-electron chi connectivity index (χ4n) is 1.95. The summed E-state index contributed by atoms with van der Waals surface area (Å²) < 4.78 is 0. The summed E-state index contributed by atoms with van der Waals surface area (Å²) in [6.45, 7) is 4.01. The van der Waals surface area contributed by atoms with E-state index in [0.717, 1.165) is 11.1 Å². The summed E-state index contributed by atoms with van der Waals surface area (Å²) in [5, 5.41) is 10.3. The van der Waals surface area contributed by atoms with Crippen LogP contribution in [0.3, 0.4) is 0 Å². The molecular weight excluding hydrogens is 212 g/mol. The molecule has 0 saturated carbocycles. The molecule has 1 aromatic carbocycles. The van der Waals surface area contributed by atoms with E-state index in [0.29, 0.717) is 11.3 Å². The van der Waals surface area contributed by atoms with E-state index in [1.54, 1.807) is 18.5 Å². The number of rotatable bonds is 2. The van der Waals surface area contributed by atoms with E-state index in [-0.39, 0.29) is 0 Å². The minimum Gasteiger partial charge on any atom is -0.398 e. The van der Waals surface area contributed by atoms with Gasteiger partial charge in [-0.05, 0) is 31.0 Å². The van der Waals surface area contributed by atoms with Crippen LogP contribution >= 0.6 is 0 Å². The van der Waals surface area contributed by atoms with Crippen molar-refractivity contribution in [2.75, 3.05) is 5.73 Å². The third-order valence-corrected chi connectivity index (χ3v) is 2.90. The Morgan fingerprint density at radius 1 is 1.18 bits per heavy atom. The molecule has 0 aliphatic carbocycles. The molecule has 0 aliphatic heterocycles. The van der Waals surface area contributed by atoms with Gasteiger partial charge in [-0.25, -0.2) is 0 Å². The zero-order chi connectivity index (χ0) is 12.4. The van der Waals surface area contributed by atoms with Crippen molar-refractivity contribution in [2.24, 2.45) is 0 Å². The third-order valence-electron chi connectivity index (χ3n) is 2.90. The standard InChI is InChI=1S/C14H16N2O/c1-9-3-4-11(10(2)7-9)14(17)12-8-16-6-5-13(12)15/h3-8,14,17H,1-2H3,(H2,15,16). The highest BCUT2D eigenvalue weighted by Crippen LogP contribution is 2.28. The zero-order valence-corrected chi connectivity index (χ0v) is 10.0. The van der Waals surface area contributed by atoms with Crippen molar-refractivity contribution >= 4 is 5.69 Å². The van der Waals surface area contributed by atoms with Gasteiger partial charge in [-0.3, -0.25) is 4.98 Å². The van der Waals surface area contributed by atoms with Crippen LogP contribution in [0.15, 0.2) is 36.7 Å². The minimum atomic E-state index is -0.718. The first kappa shape index (κ1) is 11.6. The fraction of sp³-hybridized carbons (Fsp3) is 0.214. The van der Waals surface area contributed by atoms with Gasteiger partial charge in [0.05, 0.1) is 0 Å². The predicted octanol–water partition coefficient (Wildman–Crippen LogP) is 2.36. The lowest BCUT2D eigenvalue weighted by Crippen LogP contribution is -2.06.